The summed E-state index contributed by atoms with van der Waals surface area (Å²) in [6.45, 7) is 4.12. The lowest BCUT2D eigenvalue weighted by molar-refractivity contribution is 0.175. The zero-order chi connectivity index (χ0) is 15.9. The van der Waals surface area contributed by atoms with Crippen molar-refractivity contribution < 1.29 is 14.3 Å². The van der Waals surface area contributed by atoms with Crippen molar-refractivity contribution >= 4 is 6.09 Å². The number of fused-ring (bicyclic) bond motifs is 1. The van der Waals surface area contributed by atoms with E-state index in [1.807, 2.05) is 18.2 Å². The second-order valence-corrected chi connectivity index (χ2v) is 6.47. The van der Waals surface area contributed by atoms with Gasteiger partial charge in [-0.2, -0.15) is 0 Å². The largest absolute Gasteiger partial charge is 0.465 e. The van der Waals surface area contributed by atoms with Crippen LogP contribution in [0.3, 0.4) is 0 Å². The van der Waals surface area contributed by atoms with Gasteiger partial charge in [0.05, 0.1) is 6.04 Å². The van der Waals surface area contributed by atoms with Gasteiger partial charge in [-0.25, -0.2) is 9.18 Å². The predicted molar refractivity (Wildman–Crippen MR) is 83.2 cm³/mol. The van der Waals surface area contributed by atoms with Crippen LogP contribution in [-0.2, 0) is 6.42 Å². The molecule has 3 nitrogen and oxygen atoms in total. The van der Waals surface area contributed by atoms with E-state index in [0.29, 0.717) is 0 Å². The molecule has 0 aliphatic heterocycles. The number of hydrogen-bond donors (Lipinski definition) is 2. The lowest BCUT2D eigenvalue weighted by Crippen LogP contribution is -2.34. The summed E-state index contributed by atoms with van der Waals surface area (Å²) in [6.07, 6.45) is -0.185. The van der Waals surface area contributed by atoms with Crippen LogP contribution in [0, 0.1) is 11.2 Å². The molecule has 1 unspecified atom stereocenters. The van der Waals surface area contributed by atoms with E-state index in [0.717, 1.165) is 28.7 Å². The first-order valence-electron chi connectivity index (χ1n) is 7.25. The minimum absolute atomic E-state index is 0.165. The van der Waals surface area contributed by atoms with E-state index in [9.17, 15) is 9.18 Å². The highest BCUT2D eigenvalue weighted by atomic mass is 19.1. The van der Waals surface area contributed by atoms with E-state index in [1.165, 1.54) is 12.1 Å². The smallest absolute Gasteiger partial charge is 0.405 e. The van der Waals surface area contributed by atoms with Crippen LogP contribution in [-0.4, -0.2) is 11.2 Å². The summed E-state index contributed by atoms with van der Waals surface area (Å²) in [5.41, 5.74) is 3.89. The average Bonchev–Trinajstić information content (AvgIpc) is 2.69. The quantitative estimate of drug-likeness (QED) is 0.864. The molecule has 1 amide bonds. The van der Waals surface area contributed by atoms with E-state index in [1.54, 1.807) is 12.1 Å². The van der Waals surface area contributed by atoms with E-state index in [2.05, 4.69) is 19.2 Å². The molecule has 4 heteroatoms. The highest BCUT2D eigenvalue weighted by Gasteiger charge is 2.40. The number of carboxylic acid groups (broad SMARTS) is 1. The molecule has 22 heavy (non-hydrogen) atoms. The van der Waals surface area contributed by atoms with Gasteiger partial charge in [0.15, 0.2) is 0 Å². The van der Waals surface area contributed by atoms with Gasteiger partial charge in [0, 0.05) is 0 Å². The van der Waals surface area contributed by atoms with Crippen LogP contribution in [0.2, 0.25) is 0 Å². The molecule has 0 saturated heterocycles. The number of carbonyl (C=O) groups is 1. The zero-order valence-corrected chi connectivity index (χ0v) is 12.6. The molecule has 0 spiro atoms. The molecule has 0 aromatic heterocycles. The fourth-order valence-electron chi connectivity index (χ4n) is 3.26. The van der Waals surface area contributed by atoms with Crippen molar-refractivity contribution in [2.45, 2.75) is 26.3 Å². The fraction of sp³-hybridized carbons (Fsp3) is 0.278. The van der Waals surface area contributed by atoms with Crippen molar-refractivity contribution in [2.24, 2.45) is 5.41 Å². The first-order valence-corrected chi connectivity index (χ1v) is 7.25. The molecule has 2 N–H and O–H groups in total. The Bertz CT molecular complexity index is 722. The summed E-state index contributed by atoms with van der Waals surface area (Å²) >= 11 is 0. The maximum absolute atomic E-state index is 13.1. The molecule has 114 valence electrons. The summed E-state index contributed by atoms with van der Waals surface area (Å²) in [5.74, 6) is -0.267. The zero-order valence-electron chi connectivity index (χ0n) is 12.6. The number of hydrogen-bond acceptors (Lipinski definition) is 1. The molecule has 2 aromatic rings. The van der Waals surface area contributed by atoms with Crippen molar-refractivity contribution in [2.75, 3.05) is 0 Å². The summed E-state index contributed by atoms with van der Waals surface area (Å²) in [6, 6.07) is 12.1. The molecular weight excluding hydrogens is 281 g/mol. The molecule has 2 aromatic carbocycles. The lowest BCUT2D eigenvalue weighted by atomic mass is 9.85. The SMILES string of the molecule is CC1(C)Cc2ccc(-c3ccc(F)cc3)cc2C1NC(=O)O. The number of nitrogens with one attached hydrogen (secondary N) is 1. The van der Waals surface area contributed by atoms with Crippen molar-refractivity contribution in [1.29, 1.82) is 0 Å². The number of halogens is 1. The van der Waals surface area contributed by atoms with Crippen LogP contribution in [0.5, 0.6) is 0 Å². The first-order chi connectivity index (χ1) is 10.4. The Morgan fingerprint density at radius 1 is 1.18 bits per heavy atom. The fourth-order valence-corrected chi connectivity index (χ4v) is 3.26. The van der Waals surface area contributed by atoms with Crippen LogP contribution in [0.1, 0.15) is 31.0 Å². The van der Waals surface area contributed by atoms with Crippen molar-refractivity contribution in [1.82, 2.24) is 5.32 Å². The molecule has 3 rings (SSSR count). The van der Waals surface area contributed by atoms with Gasteiger partial charge in [0.25, 0.3) is 0 Å². The molecule has 1 atom stereocenters. The summed E-state index contributed by atoms with van der Waals surface area (Å²) in [5, 5.41) is 11.7. The molecule has 0 bridgehead atoms. The second kappa shape index (κ2) is 5.13. The van der Waals surface area contributed by atoms with Gasteiger partial charge in [-0.1, -0.05) is 38.1 Å². The average molecular weight is 299 g/mol. The lowest BCUT2D eigenvalue weighted by Gasteiger charge is -2.27. The minimum Gasteiger partial charge on any atom is -0.465 e. The van der Waals surface area contributed by atoms with Gasteiger partial charge in [-0.3, -0.25) is 0 Å². The molecule has 0 radical (unpaired) electrons. The Hall–Kier alpha value is -2.36. The van der Waals surface area contributed by atoms with Gasteiger partial charge < -0.3 is 10.4 Å². The summed E-state index contributed by atoms with van der Waals surface area (Å²) in [7, 11) is 0. The summed E-state index contributed by atoms with van der Waals surface area (Å²) in [4.78, 5) is 11.1. The third-order valence-electron chi connectivity index (χ3n) is 4.33. The van der Waals surface area contributed by atoms with Crippen LogP contribution < -0.4 is 5.32 Å². The molecule has 0 fully saturated rings. The van der Waals surface area contributed by atoms with E-state index >= 15 is 0 Å². The molecule has 0 saturated carbocycles. The number of rotatable bonds is 2. The standard InChI is InChI=1S/C18H18FNO2/c1-18(2)10-13-4-3-12(11-5-7-14(19)8-6-11)9-15(13)16(18)20-17(21)22/h3-9,16,20H,10H2,1-2H3,(H,21,22). The molecular formula is C18H18FNO2. The van der Waals surface area contributed by atoms with Gasteiger partial charge in [-0.15, -0.1) is 0 Å². The molecule has 0 heterocycles. The monoisotopic (exact) mass is 299 g/mol. The van der Waals surface area contributed by atoms with E-state index in [-0.39, 0.29) is 17.3 Å². The third-order valence-corrected chi connectivity index (χ3v) is 4.33. The van der Waals surface area contributed by atoms with Crippen molar-refractivity contribution in [3.8, 4) is 11.1 Å². The molecule has 1 aliphatic carbocycles. The highest BCUT2D eigenvalue weighted by molar-refractivity contribution is 5.68. The van der Waals surface area contributed by atoms with Crippen LogP contribution in [0.25, 0.3) is 11.1 Å². The number of benzene rings is 2. The van der Waals surface area contributed by atoms with Gasteiger partial charge in [0.2, 0.25) is 0 Å². The third kappa shape index (κ3) is 2.56. The maximum atomic E-state index is 13.1. The van der Waals surface area contributed by atoms with Gasteiger partial charge in [-0.05, 0) is 52.3 Å². The maximum Gasteiger partial charge on any atom is 0.405 e. The predicted octanol–water partition coefficient (Wildman–Crippen LogP) is 4.38. The Labute approximate surface area is 128 Å². The topological polar surface area (TPSA) is 49.3 Å². The Morgan fingerprint density at radius 2 is 1.82 bits per heavy atom. The normalized spacial score (nSPS) is 18.8. The van der Waals surface area contributed by atoms with E-state index in [4.69, 9.17) is 5.11 Å². The minimum atomic E-state index is -1.02. The first kappa shape index (κ1) is 14.6. The Morgan fingerprint density at radius 3 is 2.45 bits per heavy atom. The van der Waals surface area contributed by atoms with Gasteiger partial charge in [0.1, 0.15) is 5.82 Å². The van der Waals surface area contributed by atoms with Crippen LogP contribution >= 0.6 is 0 Å². The molecule has 1 aliphatic rings. The highest BCUT2D eigenvalue weighted by Crippen LogP contribution is 2.46. The second-order valence-electron chi connectivity index (χ2n) is 6.47. The Balaban J connectivity index is 2.03. The van der Waals surface area contributed by atoms with Gasteiger partial charge >= 0.3 is 6.09 Å². The summed E-state index contributed by atoms with van der Waals surface area (Å²) < 4.78 is 13.1. The van der Waals surface area contributed by atoms with E-state index < -0.39 is 6.09 Å². The van der Waals surface area contributed by atoms with Crippen LogP contribution in [0.15, 0.2) is 42.5 Å². The van der Waals surface area contributed by atoms with Crippen molar-refractivity contribution in [3.63, 3.8) is 0 Å². The van der Waals surface area contributed by atoms with Crippen LogP contribution in [0.4, 0.5) is 9.18 Å². The Kier molecular flexibility index (Phi) is 3.39. The number of amides is 1. The van der Waals surface area contributed by atoms with Crippen molar-refractivity contribution in [3.05, 3.63) is 59.4 Å².